The molecule has 0 N–H and O–H groups in total. The van der Waals surface area contributed by atoms with E-state index in [1.807, 2.05) is 6.92 Å². The van der Waals surface area contributed by atoms with Gasteiger partial charge in [0.05, 0.1) is 12.2 Å². The molecule has 0 aliphatic heterocycles. The second kappa shape index (κ2) is 5.90. The number of hydrogen-bond donors (Lipinski definition) is 0. The molecule has 0 aliphatic carbocycles. The number of aromatic nitrogens is 4. The molecule has 0 saturated heterocycles. The molecule has 0 atom stereocenters. The van der Waals surface area contributed by atoms with Crippen LogP contribution in [0.5, 0.6) is 0 Å². The fourth-order valence-electron chi connectivity index (χ4n) is 1.36. The van der Waals surface area contributed by atoms with Crippen LogP contribution in [0.3, 0.4) is 0 Å². The first-order valence-electron chi connectivity index (χ1n) is 5.79. The standard InChI is InChI=1S/C12H14N4O2/c1-2-3-6-18-12(17)10-4-5-11(14-7-10)16-9-13-8-15-16/h4-5,7-9H,2-3,6H2,1H3. The van der Waals surface area contributed by atoms with Crippen LogP contribution < -0.4 is 0 Å². The molecule has 0 bridgehead atoms. The molecule has 94 valence electrons. The van der Waals surface area contributed by atoms with E-state index in [0.29, 0.717) is 18.0 Å². The van der Waals surface area contributed by atoms with Gasteiger partial charge in [-0.25, -0.2) is 19.4 Å². The van der Waals surface area contributed by atoms with Crippen molar-refractivity contribution >= 4 is 5.97 Å². The highest BCUT2D eigenvalue weighted by atomic mass is 16.5. The average molecular weight is 246 g/mol. The summed E-state index contributed by atoms with van der Waals surface area (Å²) in [5, 5.41) is 3.95. The van der Waals surface area contributed by atoms with Gasteiger partial charge in [0.2, 0.25) is 0 Å². The fraction of sp³-hybridized carbons (Fsp3) is 0.333. The first kappa shape index (κ1) is 12.2. The second-order valence-corrected chi connectivity index (χ2v) is 3.73. The maximum Gasteiger partial charge on any atom is 0.339 e. The zero-order chi connectivity index (χ0) is 12.8. The number of carbonyl (C=O) groups is 1. The van der Waals surface area contributed by atoms with Gasteiger partial charge in [0, 0.05) is 6.20 Å². The van der Waals surface area contributed by atoms with E-state index in [-0.39, 0.29) is 5.97 Å². The van der Waals surface area contributed by atoms with Crippen LogP contribution >= 0.6 is 0 Å². The van der Waals surface area contributed by atoms with E-state index in [0.717, 1.165) is 12.8 Å². The number of nitrogens with zero attached hydrogens (tertiary/aromatic N) is 4. The normalized spacial score (nSPS) is 10.3. The van der Waals surface area contributed by atoms with Crippen LogP contribution in [0, 0.1) is 0 Å². The van der Waals surface area contributed by atoms with Crippen molar-refractivity contribution in [1.29, 1.82) is 0 Å². The molecule has 0 aliphatic rings. The SMILES string of the molecule is CCCCOC(=O)c1ccc(-n2cncn2)nc1. The van der Waals surface area contributed by atoms with Crippen LogP contribution in [-0.2, 0) is 4.74 Å². The summed E-state index contributed by atoms with van der Waals surface area (Å²) in [6.07, 6.45) is 6.31. The Bertz CT molecular complexity index is 493. The summed E-state index contributed by atoms with van der Waals surface area (Å²) >= 11 is 0. The Morgan fingerprint density at radius 1 is 1.44 bits per heavy atom. The molecular formula is C12H14N4O2. The van der Waals surface area contributed by atoms with Crippen LogP contribution in [0.25, 0.3) is 5.82 Å². The molecule has 0 radical (unpaired) electrons. The van der Waals surface area contributed by atoms with Crippen LogP contribution in [0.2, 0.25) is 0 Å². The van der Waals surface area contributed by atoms with Gasteiger partial charge >= 0.3 is 5.97 Å². The molecule has 18 heavy (non-hydrogen) atoms. The van der Waals surface area contributed by atoms with Gasteiger partial charge in [-0.15, -0.1) is 0 Å². The van der Waals surface area contributed by atoms with Gasteiger partial charge in [-0.05, 0) is 18.6 Å². The van der Waals surface area contributed by atoms with Crippen molar-refractivity contribution in [3.63, 3.8) is 0 Å². The zero-order valence-corrected chi connectivity index (χ0v) is 10.1. The van der Waals surface area contributed by atoms with Gasteiger partial charge in [-0.3, -0.25) is 0 Å². The minimum Gasteiger partial charge on any atom is -0.462 e. The predicted molar refractivity (Wildman–Crippen MR) is 64.3 cm³/mol. The lowest BCUT2D eigenvalue weighted by Gasteiger charge is -2.04. The fourth-order valence-corrected chi connectivity index (χ4v) is 1.36. The quantitative estimate of drug-likeness (QED) is 0.592. The van der Waals surface area contributed by atoms with Crippen LogP contribution in [-0.4, -0.2) is 32.3 Å². The van der Waals surface area contributed by atoms with Crippen LogP contribution in [0.4, 0.5) is 0 Å². The summed E-state index contributed by atoms with van der Waals surface area (Å²) in [6, 6.07) is 3.36. The Morgan fingerprint density at radius 3 is 2.94 bits per heavy atom. The number of rotatable bonds is 5. The van der Waals surface area contributed by atoms with Crippen molar-refractivity contribution in [3.8, 4) is 5.82 Å². The molecular weight excluding hydrogens is 232 g/mol. The van der Waals surface area contributed by atoms with E-state index >= 15 is 0 Å². The van der Waals surface area contributed by atoms with E-state index in [4.69, 9.17) is 4.74 Å². The number of esters is 1. The maximum absolute atomic E-state index is 11.6. The third-order valence-electron chi connectivity index (χ3n) is 2.37. The average Bonchev–Trinajstić information content (AvgIpc) is 2.93. The lowest BCUT2D eigenvalue weighted by molar-refractivity contribution is 0.0499. The van der Waals surface area contributed by atoms with Crippen LogP contribution in [0.15, 0.2) is 31.0 Å². The molecule has 6 nitrogen and oxygen atoms in total. The van der Waals surface area contributed by atoms with Crippen molar-refractivity contribution in [2.45, 2.75) is 19.8 Å². The van der Waals surface area contributed by atoms with E-state index in [1.165, 1.54) is 17.2 Å². The molecule has 0 aromatic carbocycles. The number of carbonyl (C=O) groups excluding carboxylic acids is 1. The molecule has 0 fully saturated rings. The van der Waals surface area contributed by atoms with Crippen molar-refractivity contribution in [2.75, 3.05) is 6.61 Å². The number of hydrogen-bond acceptors (Lipinski definition) is 5. The van der Waals surface area contributed by atoms with Gasteiger partial charge < -0.3 is 4.74 Å². The lowest BCUT2D eigenvalue weighted by Crippen LogP contribution is -2.07. The van der Waals surface area contributed by atoms with E-state index < -0.39 is 0 Å². The zero-order valence-electron chi connectivity index (χ0n) is 10.1. The molecule has 0 spiro atoms. The van der Waals surface area contributed by atoms with Crippen molar-refractivity contribution < 1.29 is 9.53 Å². The molecule has 6 heteroatoms. The van der Waals surface area contributed by atoms with E-state index in [9.17, 15) is 4.79 Å². The van der Waals surface area contributed by atoms with Gasteiger partial charge in [0.1, 0.15) is 12.7 Å². The van der Waals surface area contributed by atoms with E-state index in [1.54, 1.807) is 18.5 Å². The van der Waals surface area contributed by atoms with Crippen molar-refractivity contribution in [1.82, 2.24) is 19.7 Å². The van der Waals surface area contributed by atoms with Crippen LogP contribution in [0.1, 0.15) is 30.1 Å². The predicted octanol–water partition coefficient (Wildman–Crippen LogP) is 1.62. The lowest BCUT2D eigenvalue weighted by atomic mass is 10.3. The summed E-state index contributed by atoms with van der Waals surface area (Å²) in [6.45, 7) is 2.49. The Kier molecular flexibility index (Phi) is 4.01. The highest BCUT2D eigenvalue weighted by molar-refractivity contribution is 5.89. The van der Waals surface area contributed by atoms with E-state index in [2.05, 4.69) is 15.1 Å². The highest BCUT2D eigenvalue weighted by Crippen LogP contribution is 2.05. The van der Waals surface area contributed by atoms with Gasteiger partial charge in [0.15, 0.2) is 5.82 Å². The summed E-state index contributed by atoms with van der Waals surface area (Å²) in [5.41, 5.74) is 0.440. The minimum absolute atomic E-state index is 0.346. The van der Waals surface area contributed by atoms with Gasteiger partial charge in [-0.1, -0.05) is 13.3 Å². The van der Waals surface area contributed by atoms with Gasteiger partial charge in [-0.2, -0.15) is 5.10 Å². The number of unbranched alkanes of at least 4 members (excludes halogenated alkanes) is 1. The Labute approximate surface area is 105 Å². The molecule has 0 saturated carbocycles. The third-order valence-corrected chi connectivity index (χ3v) is 2.37. The Balaban J connectivity index is 2.01. The molecule has 2 aromatic heterocycles. The number of pyridine rings is 1. The summed E-state index contributed by atoms with van der Waals surface area (Å²) in [5.74, 6) is 0.263. The highest BCUT2D eigenvalue weighted by Gasteiger charge is 2.07. The molecule has 2 heterocycles. The first-order valence-corrected chi connectivity index (χ1v) is 5.79. The molecule has 0 amide bonds. The second-order valence-electron chi connectivity index (χ2n) is 3.73. The maximum atomic E-state index is 11.6. The first-order chi connectivity index (χ1) is 8.81. The molecule has 2 aromatic rings. The summed E-state index contributed by atoms with van der Waals surface area (Å²) in [7, 11) is 0. The van der Waals surface area contributed by atoms with Crippen molar-refractivity contribution in [2.24, 2.45) is 0 Å². The van der Waals surface area contributed by atoms with Crippen molar-refractivity contribution in [3.05, 3.63) is 36.5 Å². The molecule has 0 unspecified atom stereocenters. The Morgan fingerprint density at radius 2 is 2.33 bits per heavy atom. The topological polar surface area (TPSA) is 69.9 Å². The summed E-state index contributed by atoms with van der Waals surface area (Å²) < 4.78 is 6.61. The monoisotopic (exact) mass is 246 g/mol. The van der Waals surface area contributed by atoms with Gasteiger partial charge in [0.25, 0.3) is 0 Å². The number of ether oxygens (including phenoxy) is 1. The largest absolute Gasteiger partial charge is 0.462 e. The third kappa shape index (κ3) is 2.91. The Hall–Kier alpha value is -2.24. The molecule has 2 rings (SSSR count). The summed E-state index contributed by atoms with van der Waals surface area (Å²) in [4.78, 5) is 19.6. The smallest absolute Gasteiger partial charge is 0.339 e. The minimum atomic E-state index is -0.346.